The molecule has 1 rings (SSSR count). The van der Waals surface area contributed by atoms with E-state index in [2.05, 4.69) is 10.6 Å². The molecule has 22 heavy (non-hydrogen) atoms. The summed E-state index contributed by atoms with van der Waals surface area (Å²) >= 11 is 0. The van der Waals surface area contributed by atoms with Crippen LogP contribution in [-0.4, -0.2) is 42.7 Å². The minimum absolute atomic E-state index is 0.288. The zero-order valence-corrected chi connectivity index (χ0v) is 14.1. The number of nitrogens with one attached hydrogen (secondary N) is 2. The van der Waals surface area contributed by atoms with Gasteiger partial charge in [-0.2, -0.15) is 0 Å². The van der Waals surface area contributed by atoms with Crippen LogP contribution < -0.4 is 10.6 Å². The van der Waals surface area contributed by atoms with Gasteiger partial charge in [0.1, 0.15) is 6.04 Å². The van der Waals surface area contributed by atoms with Crippen LogP contribution in [0.25, 0.3) is 0 Å². The summed E-state index contributed by atoms with van der Waals surface area (Å²) in [5.74, 6) is -0.254. The fourth-order valence-electron chi connectivity index (χ4n) is 1.95. The van der Waals surface area contributed by atoms with Gasteiger partial charge < -0.3 is 20.5 Å². The van der Waals surface area contributed by atoms with Gasteiger partial charge >= 0.3 is 0 Å². The van der Waals surface area contributed by atoms with Crippen LogP contribution in [0.1, 0.15) is 40.5 Å². The number of hydrogen-bond acceptors (Lipinski definition) is 4. The quantitative estimate of drug-likeness (QED) is 0.698. The van der Waals surface area contributed by atoms with Gasteiger partial charge in [0.05, 0.1) is 18.5 Å². The molecule has 0 fully saturated rings. The van der Waals surface area contributed by atoms with Gasteiger partial charge in [0.15, 0.2) is 0 Å². The molecule has 2 amide bonds. The topological polar surface area (TPSA) is 87.7 Å². The lowest BCUT2D eigenvalue weighted by Crippen LogP contribution is -2.52. The molecular weight excluding hydrogens is 284 g/mol. The Morgan fingerprint density at radius 2 is 2.05 bits per heavy atom. The first kappa shape index (κ1) is 20.2. The van der Waals surface area contributed by atoms with E-state index in [1.165, 1.54) is 14.0 Å². The van der Waals surface area contributed by atoms with E-state index in [0.717, 1.165) is 12.0 Å². The SMILES string of the molecule is CC.CNC(=O)C(NC(C)=O)C(C)OCC1=CCCC(O)=C1. The molecule has 0 spiro atoms. The van der Waals surface area contributed by atoms with Crippen LogP contribution in [0, 0.1) is 0 Å². The van der Waals surface area contributed by atoms with Gasteiger partial charge in [0.2, 0.25) is 11.8 Å². The number of aliphatic hydroxyl groups is 1. The summed E-state index contributed by atoms with van der Waals surface area (Å²) in [7, 11) is 1.51. The van der Waals surface area contributed by atoms with Crippen molar-refractivity contribution in [3.8, 4) is 0 Å². The molecule has 1 aliphatic rings. The number of allylic oxidation sites excluding steroid dienone is 2. The standard InChI is InChI=1S/C14H22N2O4.C2H6/c1-9(13(14(19)15-3)16-10(2)17)20-8-11-5-4-6-12(18)7-11;1-2/h5,7,9,13,18H,4,6,8H2,1-3H3,(H,15,19)(H,16,17);1-2H3. The maximum atomic E-state index is 11.7. The van der Waals surface area contributed by atoms with E-state index in [-0.39, 0.29) is 18.4 Å². The van der Waals surface area contributed by atoms with E-state index < -0.39 is 12.1 Å². The molecule has 0 aromatic carbocycles. The van der Waals surface area contributed by atoms with Crippen molar-refractivity contribution in [1.82, 2.24) is 10.6 Å². The predicted octanol–water partition coefficient (Wildman–Crippen LogP) is 1.83. The fourth-order valence-corrected chi connectivity index (χ4v) is 1.95. The first-order valence-electron chi connectivity index (χ1n) is 7.63. The van der Waals surface area contributed by atoms with E-state index in [1.807, 2.05) is 19.9 Å². The molecule has 2 unspecified atom stereocenters. The summed E-state index contributed by atoms with van der Waals surface area (Å²) in [4.78, 5) is 22.8. The van der Waals surface area contributed by atoms with Gasteiger partial charge in [-0.25, -0.2) is 0 Å². The van der Waals surface area contributed by atoms with E-state index in [1.54, 1.807) is 13.0 Å². The Bertz CT molecular complexity index is 430. The molecule has 3 N–H and O–H groups in total. The third kappa shape index (κ3) is 7.26. The smallest absolute Gasteiger partial charge is 0.245 e. The van der Waals surface area contributed by atoms with Crippen molar-refractivity contribution in [2.75, 3.05) is 13.7 Å². The average Bonchev–Trinajstić information content (AvgIpc) is 2.51. The first-order chi connectivity index (χ1) is 10.4. The highest BCUT2D eigenvalue weighted by atomic mass is 16.5. The molecule has 0 aliphatic heterocycles. The van der Waals surface area contributed by atoms with Crippen molar-refractivity contribution in [1.29, 1.82) is 0 Å². The second-order valence-electron chi connectivity index (χ2n) is 4.76. The summed E-state index contributed by atoms with van der Waals surface area (Å²) < 4.78 is 5.62. The second kappa shape index (κ2) is 10.8. The third-order valence-electron chi connectivity index (χ3n) is 3.03. The summed E-state index contributed by atoms with van der Waals surface area (Å²) in [6.45, 7) is 7.37. The Labute approximate surface area is 132 Å². The van der Waals surface area contributed by atoms with Crippen molar-refractivity contribution in [2.24, 2.45) is 0 Å². The highest BCUT2D eigenvalue weighted by Crippen LogP contribution is 2.16. The molecule has 0 aromatic rings. The number of hydrogen-bond donors (Lipinski definition) is 3. The molecule has 126 valence electrons. The highest BCUT2D eigenvalue weighted by Gasteiger charge is 2.25. The van der Waals surface area contributed by atoms with Crippen LogP contribution in [0.15, 0.2) is 23.5 Å². The number of rotatable bonds is 6. The molecule has 1 aliphatic carbocycles. The number of amides is 2. The average molecular weight is 312 g/mol. The lowest BCUT2D eigenvalue weighted by atomic mass is 10.1. The summed E-state index contributed by atoms with van der Waals surface area (Å²) in [6, 6.07) is -0.737. The van der Waals surface area contributed by atoms with Crippen LogP contribution in [0.4, 0.5) is 0 Å². The second-order valence-corrected chi connectivity index (χ2v) is 4.76. The van der Waals surface area contributed by atoms with E-state index in [0.29, 0.717) is 12.2 Å². The van der Waals surface area contributed by atoms with Crippen LogP contribution in [0.3, 0.4) is 0 Å². The number of aliphatic hydroxyl groups excluding tert-OH is 1. The molecule has 2 atom stereocenters. The largest absolute Gasteiger partial charge is 0.512 e. The Kier molecular flexibility index (Phi) is 9.95. The van der Waals surface area contributed by atoms with Gasteiger partial charge in [-0.05, 0) is 25.0 Å². The molecule has 0 saturated carbocycles. The maximum absolute atomic E-state index is 11.7. The Morgan fingerprint density at radius 3 is 2.55 bits per heavy atom. The van der Waals surface area contributed by atoms with Crippen molar-refractivity contribution in [3.63, 3.8) is 0 Å². The Morgan fingerprint density at radius 1 is 1.41 bits per heavy atom. The van der Waals surface area contributed by atoms with E-state index in [4.69, 9.17) is 4.74 Å². The third-order valence-corrected chi connectivity index (χ3v) is 3.03. The van der Waals surface area contributed by atoms with Crippen LogP contribution in [0.5, 0.6) is 0 Å². The van der Waals surface area contributed by atoms with Crippen LogP contribution in [-0.2, 0) is 14.3 Å². The van der Waals surface area contributed by atoms with Crippen molar-refractivity contribution >= 4 is 11.8 Å². The zero-order valence-electron chi connectivity index (χ0n) is 14.1. The Hall–Kier alpha value is -1.82. The minimum atomic E-state index is -0.737. The normalized spacial score (nSPS) is 16.2. The van der Waals surface area contributed by atoms with E-state index in [9.17, 15) is 14.7 Å². The lowest BCUT2D eigenvalue weighted by Gasteiger charge is -2.24. The molecule has 0 radical (unpaired) electrons. The Balaban J connectivity index is 0.00000211. The number of carbonyl (C=O) groups is 2. The molecule has 0 aromatic heterocycles. The van der Waals surface area contributed by atoms with Crippen LogP contribution >= 0.6 is 0 Å². The summed E-state index contributed by atoms with van der Waals surface area (Å²) in [5, 5.41) is 14.5. The number of ether oxygens (including phenoxy) is 1. The summed E-state index contributed by atoms with van der Waals surface area (Å²) in [5.41, 5.74) is 0.874. The maximum Gasteiger partial charge on any atom is 0.245 e. The minimum Gasteiger partial charge on any atom is -0.512 e. The zero-order chi connectivity index (χ0) is 17.1. The van der Waals surface area contributed by atoms with Crippen molar-refractivity contribution in [2.45, 2.75) is 52.7 Å². The van der Waals surface area contributed by atoms with Gasteiger partial charge in [0.25, 0.3) is 0 Å². The monoisotopic (exact) mass is 312 g/mol. The van der Waals surface area contributed by atoms with Gasteiger partial charge in [-0.3, -0.25) is 9.59 Å². The number of likely N-dealkylation sites (N-methyl/N-ethyl adjacent to an activating group) is 1. The van der Waals surface area contributed by atoms with Crippen molar-refractivity contribution in [3.05, 3.63) is 23.5 Å². The van der Waals surface area contributed by atoms with E-state index >= 15 is 0 Å². The lowest BCUT2D eigenvalue weighted by molar-refractivity contribution is -0.131. The van der Waals surface area contributed by atoms with Crippen molar-refractivity contribution < 1.29 is 19.4 Å². The van der Waals surface area contributed by atoms with Gasteiger partial charge in [-0.15, -0.1) is 0 Å². The van der Waals surface area contributed by atoms with Gasteiger partial charge in [0, 0.05) is 20.4 Å². The molecule has 0 bridgehead atoms. The highest BCUT2D eigenvalue weighted by molar-refractivity contribution is 5.87. The molecule has 6 heteroatoms. The molecule has 0 heterocycles. The molecular formula is C16H28N2O4. The molecule has 6 nitrogen and oxygen atoms in total. The first-order valence-corrected chi connectivity index (χ1v) is 7.63. The van der Waals surface area contributed by atoms with Crippen LogP contribution in [0.2, 0.25) is 0 Å². The molecule has 0 saturated heterocycles. The predicted molar refractivity (Wildman–Crippen MR) is 86.5 cm³/mol. The summed E-state index contributed by atoms with van der Waals surface area (Å²) in [6.07, 6.45) is 4.60. The van der Waals surface area contributed by atoms with Gasteiger partial charge in [-0.1, -0.05) is 19.9 Å². The number of carbonyl (C=O) groups excluding carboxylic acids is 2. The fraction of sp³-hybridized carbons (Fsp3) is 0.625.